The Labute approximate surface area is 108 Å². The molecule has 0 aliphatic carbocycles. The van der Waals surface area contributed by atoms with E-state index in [1.54, 1.807) is 0 Å². The van der Waals surface area contributed by atoms with E-state index < -0.39 is 0 Å². The van der Waals surface area contributed by atoms with Crippen LogP contribution in [0.3, 0.4) is 0 Å². The number of hydrogen-bond acceptors (Lipinski definition) is 2. The van der Waals surface area contributed by atoms with Gasteiger partial charge in [-0.2, -0.15) is 5.10 Å². The van der Waals surface area contributed by atoms with Crippen LogP contribution in [0.5, 0.6) is 0 Å². The Kier molecular flexibility index (Phi) is 4.97. The average Bonchev–Trinajstić information content (AvgIpc) is 2.88. The second-order valence-corrected chi connectivity index (χ2v) is 4.50. The molecule has 1 aromatic heterocycles. The zero-order valence-electron chi connectivity index (χ0n) is 10.6. The minimum Gasteiger partial charge on any atom is -0.396 e. The summed E-state index contributed by atoms with van der Waals surface area (Å²) in [7, 11) is 0. The fraction of sp³-hybridized carbons (Fsp3) is 0.400. The Balaban J connectivity index is 1.83. The molecule has 0 fully saturated rings. The summed E-state index contributed by atoms with van der Waals surface area (Å²) in [4.78, 5) is 0. The number of aromatic nitrogens is 2. The van der Waals surface area contributed by atoms with Gasteiger partial charge in [-0.25, -0.2) is 0 Å². The van der Waals surface area contributed by atoms with Crippen molar-refractivity contribution in [2.24, 2.45) is 0 Å². The summed E-state index contributed by atoms with van der Waals surface area (Å²) in [5.41, 5.74) is 2.38. The van der Waals surface area contributed by atoms with E-state index in [1.165, 1.54) is 11.1 Å². The van der Waals surface area contributed by atoms with Crippen LogP contribution in [0.15, 0.2) is 42.7 Å². The van der Waals surface area contributed by atoms with Crippen LogP contribution in [-0.2, 0) is 6.54 Å². The molecule has 0 aliphatic rings. The van der Waals surface area contributed by atoms with Crippen molar-refractivity contribution >= 4 is 0 Å². The second kappa shape index (κ2) is 6.97. The first-order valence-electron chi connectivity index (χ1n) is 6.59. The quantitative estimate of drug-likeness (QED) is 0.760. The van der Waals surface area contributed by atoms with Crippen molar-refractivity contribution in [2.45, 2.75) is 32.2 Å². The van der Waals surface area contributed by atoms with E-state index in [4.69, 9.17) is 5.11 Å². The molecule has 0 bridgehead atoms. The molecule has 2 aromatic rings. The SMILES string of the molecule is OCCCCCCn1cc(-c2ccccc2)cn1. The molecule has 0 amide bonds. The highest BCUT2D eigenvalue weighted by Crippen LogP contribution is 2.17. The van der Waals surface area contributed by atoms with Gasteiger partial charge in [-0.15, -0.1) is 0 Å². The van der Waals surface area contributed by atoms with Crippen molar-refractivity contribution in [3.05, 3.63) is 42.7 Å². The monoisotopic (exact) mass is 244 g/mol. The van der Waals surface area contributed by atoms with Crippen LogP contribution >= 0.6 is 0 Å². The topological polar surface area (TPSA) is 38.0 Å². The van der Waals surface area contributed by atoms with Gasteiger partial charge in [0.05, 0.1) is 6.20 Å². The van der Waals surface area contributed by atoms with Crippen molar-refractivity contribution in [3.8, 4) is 11.1 Å². The summed E-state index contributed by atoms with van der Waals surface area (Å²) in [5, 5.41) is 13.1. The molecule has 96 valence electrons. The van der Waals surface area contributed by atoms with Gasteiger partial charge in [-0.3, -0.25) is 4.68 Å². The lowest BCUT2D eigenvalue weighted by Gasteiger charge is -2.01. The van der Waals surface area contributed by atoms with Crippen molar-refractivity contribution in [2.75, 3.05) is 6.61 Å². The summed E-state index contributed by atoms with van der Waals surface area (Å²) in [6.07, 6.45) is 8.30. The second-order valence-electron chi connectivity index (χ2n) is 4.50. The Hall–Kier alpha value is -1.61. The fourth-order valence-corrected chi connectivity index (χ4v) is 2.00. The van der Waals surface area contributed by atoms with E-state index in [2.05, 4.69) is 23.4 Å². The largest absolute Gasteiger partial charge is 0.396 e. The van der Waals surface area contributed by atoms with Gasteiger partial charge in [0.1, 0.15) is 0 Å². The average molecular weight is 244 g/mol. The van der Waals surface area contributed by atoms with Gasteiger partial charge in [-0.05, 0) is 18.4 Å². The standard InChI is InChI=1S/C15H20N2O/c18-11-7-2-1-6-10-17-13-15(12-16-17)14-8-4-3-5-9-14/h3-5,8-9,12-13,18H,1-2,6-7,10-11H2. The maximum atomic E-state index is 8.69. The van der Waals surface area contributed by atoms with Crippen molar-refractivity contribution in [3.63, 3.8) is 0 Å². The third-order valence-electron chi connectivity index (χ3n) is 3.04. The third-order valence-corrected chi connectivity index (χ3v) is 3.04. The number of aliphatic hydroxyl groups excluding tert-OH is 1. The van der Waals surface area contributed by atoms with Crippen LogP contribution in [0.4, 0.5) is 0 Å². The van der Waals surface area contributed by atoms with E-state index >= 15 is 0 Å². The smallest absolute Gasteiger partial charge is 0.0568 e. The van der Waals surface area contributed by atoms with E-state index in [-0.39, 0.29) is 0 Å². The summed E-state index contributed by atoms with van der Waals surface area (Å²) >= 11 is 0. The van der Waals surface area contributed by atoms with Gasteiger partial charge in [0.2, 0.25) is 0 Å². The first-order valence-corrected chi connectivity index (χ1v) is 6.59. The van der Waals surface area contributed by atoms with Crippen LogP contribution in [0.2, 0.25) is 0 Å². The molecule has 0 radical (unpaired) electrons. The number of aryl methyl sites for hydroxylation is 1. The van der Waals surface area contributed by atoms with Gasteiger partial charge in [0.15, 0.2) is 0 Å². The molecule has 1 heterocycles. The van der Waals surface area contributed by atoms with Crippen LogP contribution in [0.25, 0.3) is 11.1 Å². The Bertz CT molecular complexity index is 451. The molecule has 3 nitrogen and oxygen atoms in total. The summed E-state index contributed by atoms with van der Waals surface area (Å²) in [5.74, 6) is 0. The lowest BCUT2D eigenvalue weighted by atomic mass is 10.1. The Morgan fingerprint density at radius 2 is 1.72 bits per heavy atom. The summed E-state index contributed by atoms with van der Waals surface area (Å²) < 4.78 is 2.00. The Morgan fingerprint density at radius 3 is 2.50 bits per heavy atom. The highest BCUT2D eigenvalue weighted by molar-refractivity contribution is 5.61. The lowest BCUT2D eigenvalue weighted by Crippen LogP contribution is -1.98. The molecule has 0 saturated carbocycles. The Morgan fingerprint density at radius 1 is 0.944 bits per heavy atom. The molecular weight excluding hydrogens is 224 g/mol. The maximum absolute atomic E-state index is 8.69. The number of benzene rings is 1. The first kappa shape index (κ1) is 12.8. The summed E-state index contributed by atoms with van der Waals surface area (Å²) in [6, 6.07) is 10.3. The van der Waals surface area contributed by atoms with E-state index in [0.29, 0.717) is 6.61 Å². The van der Waals surface area contributed by atoms with Gasteiger partial charge in [0.25, 0.3) is 0 Å². The molecular formula is C15H20N2O. The van der Waals surface area contributed by atoms with Crippen LogP contribution in [0, 0.1) is 0 Å². The molecule has 0 atom stereocenters. The molecule has 0 spiro atoms. The lowest BCUT2D eigenvalue weighted by molar-refractivity contribution is 0.282. The molecule has 0 unspecified atom stereocenters. The molecule has 3 heteroatoms. The number of unbranched alkanes of at least 4 members (excludes halogenated alkanes) is 3. The predicted octanol–water partition coefficient (Wildman–Crippen LogP) is 3.10. The van der Waals surface area contributed by atoms with E-state index in [9.17, 15) is 0 Å². The summed E-state index contributed by atoms with van der Waals surface area (Å²) in [6.45, 7) is 1.26. The zero-order chi connectivity index (χ0) is 12.6. The van der Waals surface area contributed by atoms with E-state index in [1.807, 2.05) is 29.1 Å². The molecule has 1 N–H and O–H groups in total. The minimum atomic E-state index is 0.305. The highest BCUT2D eigenvalue weighted by Gasteiger charge is 2.00. The molecule has 1 aromatic carbocycles. The zero-order valence-corrected chi connectivity index (χ0v) is 10.6. The predicted molar refractivity (Wildman–Crippen MR) is 73.2 cm³/mol. The number of nitrogens with zero attached hydrogens (tertiary/aromatic N) is 2. The normalized spacial score (nSPS) is 10.7. The molecule has 0 saturated heterocycles. The maximum Gasteiger partial charge on any atom is 0.0568 e. The minimum absolute atomic E-state index is 0.305. The molecule has 0 aliphatic heterocycles. The van der Waals surface area contributed by atoms with Gasteiger partial charge >= 0.3 is 0 Å². The van der Waals surface area contributed by atoms with Crippen molar-refractivity contribution in [1.29, 1.82) is 0 Å². The fourth-order valence-electron chi connectivity index (χ4n) is 2.00. The number of aliphatic hydroxyl groups is 1. The van der Waals surface area contributed by atoms with Gasteiger partial charge in [-0.1, -0.05) is 43.2 Å². The van der Waals surface area contributed by atoms with Gasteiger partial charge < -0.3 is 5.11 Å². The molecule has 2 rings (SSSR count). The van der Waals surface area contributed by atoms with Gasteiger partial charge in [0, 0.05) is 24.9 Å². The van der Waals surface area contributed by atoms with E-state index in [0.717, 1.165) is 32.2 Å². The number of hydrogen-bond donors (Lipinski definition) is 1. The first-order chi connectivity index (χ1) is 8.90. The van der Waals surface area contributed by atoms with Crippen molar-refractivity contribution in [1.82, 2.24) is 9.78 Å². The number of rotatable bonds is 7. The highest BCUT2D eigenvalue weighted by atomic mass is 16.2. The van der Waals surface area contributed by atoms with Crippen LogP contribution in [0.1, 0.15) is 25.7 Å². The van der Waals surface area contributed by atoms with Crippen molar-refractivity contribution < 1.29 is 5.11 Å². The van der Waals surface area contributed by atoms with Crippen LogP contribution < -0.4 is 0 Å². The van der Waals surface area contributed by atoms with Crippen LogP contribution in [-0.4, -0.2) is 21.5 Å². The molecule has 18 heavy (non-hydrogen) atoms. The third kappa shape index (κ3) is 3.70.